The summed E-state index contributed by atoms with van der Waals surface area (Å²) in [6, 6.07) is 10.8. The Morgan fingerprint density at radius 3 is 2.70 bits per heavy atom. The van der Waals surface area contributed by atoms with Crippen molar-refractivity contribution in [3.63, 3.8) is 0 Å². The predicted molar refractivity (Wildman–Crippen MR) is 87.1 cm³/mol. The summed E-state index contributed by atoms with van der Waals surface area (Å²) in [5.74, 6) is 1.76. The summed E-state index contributed by atoms with van der Waals surface area (Å²) < 4.78 is 7.09. The monoisotopic (exact) mass is 316 g/mol. The molecular formula is C17H26N5O+. The maximum atomic E-state index is 5.19. The van der Waals surface area contributed by atoms with Crippen LogP contribution in [-0.4, -0.2) is 47.0 Å². The number of methoxy groups -OCH3 is 1. The van der Waals surface area contributed by atoms with E-state index in [1.54, 1.807) is 12.0 Å². The molecule has 1 fully saturated rings. The second kappa shape index (κ2) is 7.66. The van der Waals surface area contributed by atoms with Crippen LogP contribution >= 0.6 is 0 Å². The molecule has 6 nitrogen and oxygen atoms in total. The van der Waals surface area contributed by atoms with Crippen LogP contribution in [0.2, 0.25) is 0 Å². The minimum Gasteiger partial charge on any atom is -0.383 e. The molecule has 0 bridgehead atoms. The van der Waals surface area contributed by atoms with Crippen LogP contribution in [0.1, 0.15) is 37.2 Å². The molecule has 1 aliphatic heterocycles. The van der Waals surface area contributed by atoms with Gasteiger partial charge in [-0.3, -0.25) is 0 Å². The van der Waals surface area contributed by atoms with Crippen LogP contribution in [0.3, 0.4) is 0 Å². The van der Waals surface area contributed by atoms with Crippen molar-refractivity contribution in [2.45, 2.75) is 32.4 Å². The van der Waals surface area contributed by atoms with E-state index in [2.05, 4.69) is 52.8 Å². The van der Waals surface area contributed by atoms with Crippen molar-refractivity contribution < 1.29 is 9.64 Å². The largest absolute Gasteiger partial charge is 0.383 e. The number of nitrogens with zero attached hydrogens (tertiary/aromatic N) is 4. The number of aromatic nitrogens is 4. The summed E-state index contributed by atoms with van der Waals surface area (Å²) in [4.78, 5) is 1.56. The lowest BCUT2D eigenvalue weighted by Gasteiger charge is -2.33. The van der Waals surface area contributed by atoms with Gasteiger partial charge in [0.15, 0.2) is 6.04 Å². The number of ether oxygens (including phenoxy) is 1. The van der Waals surface area contributed by atoms with Gasteiger partial charge in [0.1, 0.15) is 0 Å². The molecule has 0 amide bonds. The number of likely N-dealkylation sites (tertiary alicyclic amines) is 1. The Hall–Kier alpha value is -1.79. The Bertz CT molecular complexity index is 592. The molecule has 1 atom stereocenters. The number of benzene rings is 1. The van der Waals surface area contributed by atoms with E-state index in [4.69, 9.17) is 4.74 Å². The normalized spacial score (nSPS) is 22.9. The van der Waals surface area contributed by atoms with Gasteiger partial charge in [-0.05, 0) is 29.2 Å². The number of nitrogens with one attached hydrogen (secondary N) is 1. The molecule has 1 saturated heterocycles. The fourth-order valence-electron chi connectivity index (χ4n) is 3.39. The van der Waals surface area contributed by atoms with E-state index in [0.717, 1.165) is 24.8 Å². The first-order valence-electron chi connectivity index (χ1n) is 8.44. The third-order valence-electron chi connectivity index (χ3n) is 4.78. The molecule has 0 radical (unpaired) electrons. The molecule has 23 heavy (non-hydrogen) atoms. The van der Waals surface area contributed by atoms with E-state index in [-0.39, 0.29) is 6.04 Å². The summed E-state index contributed by atoms with van der Waals surface area (Å²) in [6.07, 6.45) is 2.52. The van der Waals surface area contributed by atoms with E-state index in [9.17, 15) is 0 Å². The summed E-state index contributed by atoms with van der Waals surface area (Å²) in [6.45, 7) is 5.98. The van der Waals surface area contributed by atoms with E-state index < -0.39 is 0 Å². The first kappa shape index (κ1) is 16.1. The molecule has 0 spiro atoms. The minimum absolute atomic E-state index is 0.190. The van der Waals surface area contributed by atoms with E-state index in [0.29, 0.717) is 13.2 Å². The lowest BCUT2D eigenvalue weighted by Crippen LogP contribution is -3.13. The molecule has 3 rings (SSSR count). The highest BCUT2D eigenvalue weighted by Gasteiger charge is 2.33. The minimum atomic E-state index is 0.190. The van der Waals surface area contributed by atoms with Gasteiger partial charge in [-0.15, -0.1) is 5.10 Å². The molecule has 2 heterocycles. The van der Waals surface area contributed by atoms with Gasteiger partial charge in [0.25, 0.3) is 0 Å². The zero-order chi connectivity index (χ0) is 16.1. The van der Waals surface area contributed by atoms with Gasteiger partial charge in [0.2, 0.25) is 5.82 Å². The molecule has 0 saturated carbocycles. The summed E-state index contributed by atoms with van der Waals surface area (Å²) in [5.41, 5.74) is 1.28. The standard InChI is InChI=1S/C17H25N5O/c1-14-8-10-21(11-9-14)16(15-6-4-3-5-7-15)17-18-19-20-22(17)12-13-23-2/h3-7,14,16H,8-13H2,1-2H3/p+1/t16-/m1/s1. The Labute approximate surface area is 137 Å². The molecule has 0 aliphatic carbocycles. The Morgan fingerprint density at radius 1 is 1.26 bits per heavy atom. The number of rotatable bonds is 6. The Morgan fingerprint density at radius 2 is 2.00 bits per heavy atom. The molecular weight excluding hydrogens is 290 g/mol. The molecule has 1 aromatic carbocycles. The molecule has 2 aromatic rings. The predicted octanol–water partition coefficient (Wildman–Crippen LogP) is 0.724. The van der Waals surface area contributed by atoms with Gasteiger partial charge in [-0.2, -0.15) is 0 Å². The van der Waals surface area contributed by atoms with Gasteiger partial charge < -0.3 is 9.64 Å². The molecule has 1 aromatic heterocycles. The van der Waals surface area contributed by atoms with Gasteiger partial charge in [0, 0.05) is 12.7 Å². The summed E-state index contributed by atoms with van der Waals surface area (Å²) in [7, 11) is 1.70. The van der Waals surface area contributed by atoms with E-state index in [1.807, 2.05) is 4.68 Å². The SMILES string of the molecule is COCCn1nnnc1[C@@H](c1ccccc1)[NH+]1CCC(C)CC1. The maximum absolute atomic E-state index is 5.19. The number of hydrogen-bond acceptors (Lipinski definition) is 4. The molecule has 0 unspecified atom stereocenters. The van der Waals surface area contributed by atoms with Crippen LogP contribution in [0.5, 0.6) is 0 Å². The van der Waals surface area contributed by atoms with Crippen molar-refractivity contribution in [3.05, 3.63) is 41.7 Å². The highest BCUT2D eigenvalue weighted by molar-refractivity contribution is 5.22. The number of hydrogen-bond donors (Lipinski definition) is 1. The average molecular weight is 316 g/mol. The molecule has 124 valence electrons. The first-order valence-corrected chi connectivity index (χ1v) is 8.44. The van der Waals surface area contributed by atoms with Crippen molar-refractivity contribution in [1.82, 2.24) is 20.2 Å². The zero-order valence-electron chi connectivity index (χ0n) is 14.0. The second-order valence-electron chi connectivity index (χ2n) is 6.44. The summed E-state index contributed by atoms with van der Waals surface area (Å²) >= 11 is 0. The van der Waals surface area contributed by atoms with Crippen molar-refractivity contribution in [2.75, 3.05) is 26.8 Å². The zero-order valence-corrected chi connectivity index (χ0v) is 14.0. The molecule has 6 heteroatoms. The third-order valence-corrected chi connectivity index (χ3v) is 4.78. The smallest absolute Gasteiger partial charge is 0.214 e. The fourth-order valence-corrected chi connectivity index (χ4v) is 3.39. The van der Waals surface area contributed by atoms with E-state index >= 15 is 0 Å². The average Bonchev–Trinajstić information content (AvgIpc) is 3.04. The van der Waals surface area contributed by atoms with Crippen molar-refractivity contribution in [3.8, 4) is 0 Å². The molecule has 1 N–H and O–H groups in total. The van der Waals surface area contributed by atoms with E-state index in [1.165, 1.54) is 18.4 Å². The van der Waals surface area contributed by atoms with Crippen LogP contribution in [0, 0.1) is 5.92 Å². The van der Waals surface area contributed by atoms with Crippen LogP contribution in [0.25, 0.3) is 0 Å². The third kappa shape index (κ3) is 3.76. The number of piperidine rings is 1. The lowest BCUT2D eigenvalue weighted by molar-refractivity contribution is -0.932. The number of tetrazole rings is 1. The highest BCUT2D eigenvalue weighted by atomic mass is 16.5. The number of quaternary nitrogens is 1. The summed E-state index contributed by atoms with van der Waals surface area (Å²) in [5, 5.41) is 12.5. The second-order valence-corrected chi connectivity index (χ2v) is 6.44. The molecule has 1 aliphatic rings. The maximum Gasteiger partial charge on any atom is 0.214 e. The van der Waals surface area contributed by atoms with Gasteiger partial charge >= 0.3 is 0 Å². The Balaban J connectivity index is 1.91. The van der Waals surface area contributed by atoms with Crippen molar-refractivity contribution >= 4 is 0 Å². The van der Waals surface area contributed by atoms with Gasteiger partial charge in [0.05, 0.1) is 26.2 Å². The van der Waals surface area contributed by atoms with Crippen molar-refractivity contribution in [1.29, 1.82) is 0 Å². The topological polar surface area (TPSA) is 57.3 Å². The van der Waals surface area contributed by atoms with Crippen LogP contribution < -0.4 is 4.90 Å². The van der Waals surface area contributed by atoms with Gasteiger partial charge in [-0.1, -0.05) is 37.3 Å². The van der Waals surface area contributed by atoms with Crippen LogP contribution in [0.15, 0.2) is 30.3 Å². The Kier molecular flexibility index (Phi) is 5.35. The fraction of sp³-hybridized carbons (Fsp3) is 0.588. The quantitative estimate of drug-likeness (QED) is 0.853. The first-order chi connectivity index (χ1) is 11.3. The highest BCUT2D eigenvalue weighted by Crippen LogP contribution is 2.19. The van der Waals surface area contributed by atoms with Crippen LogP contribution in [-0.2, 0) is 11.3 Å². The van der Waals surface area contributed by atoms with Crippen molar-refractivity contribution in [2.24, 2.45) is 5.92 Å². The lowest BCUT2D eigenvalue weighted by atomic mass is 9.95. The van der Waals surface area contributed by atoms with Gasteiger partial charge in [-0.25, -0.2) is 4.68 Å². The van der Waals surface area contributed by atoms with Crippen LogP contribution in [0.4, 0.5) is 0 Å².